The van der Waals surface area contributed by atoms with Gasteiger partial charge in [0.05, 0.1) is 6.61 Å². The molecule has 1 heterocycles. The number of rotatable bonds is 4. The van der Waals surface area contributed by atoms with Gasteiger partial charge in [-0.05, 0) is 18.8 Å². The van der Waals surface area contributed by atoms with E-state index in [9.17, 15) is 0 Å². The second kappa shape index (κ2) is 5.98. The van der Waals surface area contributed by atoms with Crippen LogP contribution in [0.25, 0.3) is 0 Å². The maximum atomic E-state index is 5.45. The van der Waals surface area contributed by atoms with Crippen molar-refractivity contribution in [2.75, 3.05) is 13.2 Å². The standard InChI is InChI=1S/C10H19BrO/c1-2-3-4-5-9-8-12-7-6-10(9)11/h9-10H,2-8H2,1H3. The summed E-state index contributed by atoms with van der Waals surface area (Å²) in [6.45, 7) is 4.17. The third-order valence-corrected chi connectivity index (χ3v) is 3.77. The summed E-state index contributed by atoms with van der Waals surface area (Å²) in [4.78, 5) is 0.711. The zero-order chi connectivity index (χ0) is 8.81. The van der Waals surface area contributed by atoms with E-state index in [4.69, 9.17) is 4.74 Å². The van der Waals surface area contributed by atoms with Gasteiger partial charge in [0.1, 0.15) is 0 Å². The molecule has 2 atom stereocenters. The lowest BCUT2D eigenvalue weighted by atomic mass is 9.95. The van der Waals surface area contributed by atoms with Crippen molar-refractivity contribution >= 4 is 15.9 Å². The average molecular weight is 235 g/mol. The molecule has 1 saturated heterocycles. The first-order valence-electron chi connectivity index (χ1n) is 5.06. The zero-order valence-corrected chi connectivity index (χ0v) is 9.48. The highest BCUT2D eigenvalue weighted by Gasteiger charge is 2.22. The fourth-order valence-electron chi connectivity index (χ4n) is 1.69. The van der Waals surface area contributed by atoms with Crippen LogP contribution < -0.4 is 0 Å². The van der Waals surface area contributed by atoms with E-state index < -0.39 is 0 Å². The summed E-state index contributed by atoms with van der Waals surface area (Å²) in [7, 11) is 0. The third-order valence-electron chi connectivity index (χ3n) is 2.56. The molecule has 1 aliphatic rings. The first-order chi connectivity index (χ1) is 5.84. The molecular formula is C10H19BrO. The SMILES string of the molecule is CCCCCC1COCCC1Br. The van der Waals surface area contributed by atoms with E-state index in [1.807, 2.05) is 0 Å². The Hall–Kier alpha value is 0.440. The maximum absolute atomic E-state index is 5.45. The van der Waals surface area contributed by atoms with Gasteiger partial charge in [0, 0.05) is 11.4 Å². The summed E-state index contributed by atoms with van der Waals surface area (Å²) >= 11 is 3.73. The van der Waals surface area contributed by atoms with Gasteiger partial charge < -0.3 is 4.74 Å². The van der Waals surface area contributed by atoms with Gasteiger partial charge in [-0.15, -0.1) is 0 Å². The molecule has 12 heavy (non-hydrogen) atoms. The lowest BCUT2D eigenvalue weighted by Crippen LogP contribution is -2.27. The van der Waals surface area contributed by atoms with Crippen molar-refractivity contribution in [3.63, 3.8) is 0 Å². The minimum Gasteiger partial charge on any atom is -0.381 e. The van der Waals surface area contributed by atoms with Gasteiger partial charge in [-0.1, -0.05) is 42.1 Å². The molecule has 0 bridgehead atoms. The molecule has 1 aliphatic heterocycles. The fourth-order valence-corrected chi connectivity index (χ4v) is 2.30. The molecule has 0 saturated carbocycles. The van der Waals surface area contributed by atoms with Gasteiger partial charge in [0.2, 0.25) is 0 Å². The predicted molar refractivity (Wildman–Crippen MR) is 55.8 cm³/mol. The van der Waals surface area contributed by atoms with Crippen LogP contribution in [0.2, 0.25) is 0 Å². The summed E-state index contributed by atoms with van der Waals surface area (Å²) in [6, 6.07) is 0. The quantitative estimate of drug-likeness (QED) is 0.536. The number of alkyl halides is 1. The second-order valence-corrected chi connectivity index (χ2v) is 4.81. The molecule has 0 amide bonds. The van der Waals surface area contributed by atoms with Crippen molar-refractivity contribution < 1.29 is 4.74 Å². The van der Waals surface area contributed by atoms with E-state index in [0.717, 1.165) is 19.1 Å². The predicted octanol–water partition coefficient (Wildman–Crippen LogP) is 3.37. The van der Waals surface area contributed by atoms with Crippen LogP contribution in [0, 0.1) is 5.92 Å². The number of ether oxygens (including phenoxy) is 1. The average Bonchev–Trinajstić information content (AvgIpc) is 2.09. The molecule has 1 nitrogen and oxygen atoms in total. The fraction of sp³-hybridized carbons (Fsp3) is 1.00. The van der Waals surface area contributed by atoms with Crippen LogP contribution in [-0.4, -0.2) is 18.0 Å². The third kappa shape index (κ3) is 3.44. The van der Waals surface area contributed by atoms with Crippen LogP contribution in [0.4, 0.5) is 0 Å². The minimum absolute atomic E-state index is 0.711. The molecule has 0 N–H and O–H groups in total. The normalized spacial score (nSPS) is 30.5. The Morgan fingerprint density at radius 2 is 2.25 bits per heavy atom. The molecule has 0 aliphatic carbocycles. The molecule has 2 unspecified atom stereocenters. The summed E-state index contributed by atoms with van der Waals surface area (Å²) in [5, 5.41) is 0. The highest BCUT2D eigenvalue weighted by molar-refractivity contribution is 9.09. The highest BCUT2D eigenvalue weighted by atomic mass is 79.9. The van der Waals surface area contributed by atoms with Crippen LogP contribution in [0.5, 0.6) is 0 Å². The van der Waals surface area contributed by atoms with Crippen LogP contribution in [0.15, 0.2) is 0 Å². The largest absolute Gasteiger partial charge is 0.381 e. The van der Waals surface area contributed by atoms with E-state index in [2.05, 4.69) is 22.9 Å². The number of halogens is 1. The zero-order valence-electron chi connectivity index (χ0n) is 7.89. The van der Waals surface area contributed by atoms with Gasteiger partial charge in [0.15, 0.2) is 0 Å². The molecule has 1 rings (SSSR count). The second-order valence-electron chi connectivity index (χ2n) is 3.64. The Labute approximate surface area is 84.0 Å². The van der Waals surface area contributed by atoms with E-state index in [1.165, 1.54) is 32.1 Å². The first kappa shape index (κ1) is 10.5. The number of hydrogen-bond acceptors (Lipinski definition) is 1. The first-order valence-corrected chi connectivity index (χ1v) is 5.98. The molecule has 0 aromatic heterocycles. The van der Waals surface area contributed by atoms with Crippen LogP contribution in [0.3, 0.4) is 0 Å². The van der Waals surface area contributed by atoms with Gasteiger partial charge in [-0.2, -0.15) is 0 Å². The molecule has 2 heteroatoms. The smallest absolute Gasteiger partial charge is 0.0504 e. The minimum atomic E-state index is 0.711. The van der Waals surface area contributed by atoms with E-state index in [1.54, 1.807) is 0 Å². The van der Waals surface area contributed by atoms with Crippen LogP contribution >= 0.6 is 15.9 Å². The lowest BCUT2D eigenvalue weighted by molar-refractivity contribution is 0.0563. The monoisotopic (exact) mass is 234 g/mol. The number of hydrogen-bond donors (Lipinski definition) is 0. The van der Waals surface area contributed by atoms with Crippen molar-refractivity contribution in [2.45, 2.75) is 43.9 Å². The Kier molecular flexibility index (Phi) is 5.24. The van der Waals surface area contributed by atoms with Gasteiger partial charge >= 0.3 is 0 Å². The Morgan fingerprint density at radius 1 is 1.42 bits per heavy atom. The van der Waals surface area contributed by atoms with Gasteiger partial charge in [-0.3, -0.25) is 0 Å². The van der Waals surface area contributed by atoms with Crippen molar-refractivity contribution in [3.8, 4) is 0 Å². The summed E-state index contributed by atoms with van der Waals surface area (Å²) in [6.07, 6.45) is 6.59. The molecule has 0 spiro atoms. The Morgan fingerprint density at radius 3 is 2.92 bits per heavy atom. The van der Waals surface area contributed by atoms with Crippen molar-refractivity contribution in [1.82, 2.24) is 0 Å². The van der Waals surface area contributed by atoms with E-state index in [-0.39, 0.29) is 0 Å². The van der Waals surface area contributed by atoms with E-state index >= 15 is 0 Å². The maximum Gasteiger partial charge on any atom is 0.0504 e. The van der Waals surface area contributed by atoms with Crippen molar-refractivity contribution in [1.29, 1.82) is 0 Å². The molecule has 0 aromatic rings. The number of unbranched alkanes of at least 4 members (excludes halogenated alkanes) is 2. The molecule has 1 fully saturated rings. The highest BCUT2D eigenvalue weighted by Crippen LogP contribution is 2.26. The Balaban J connectivity index is 2.11. The molecular weight excluding hydrogens is 216 g/mol. The van der Waals surface area contributed by atoms with Gasteiger partial charge in [0.25, 0.3) is 0 Å². The van der Waals surface area contributed by atoms with Crippen LogP contribution in [0.1, 0.15) is 39.0 Å². The summed E-state index contributed by atoms with van der Waals surface area (Å²) in [5.41, 5.74) is 0. The van der Waals surface area contributed by atoms with E-state index in [0.29, 0.717) is 4.83 Å². The van der Waals surface area contributed by atoms with Gasteiger partial charge in [-0.25, -0.2) is 0 Å². The molecule has 0 radical (unpaired) electrons. The molecule has 0 aromatic carbocycles. The molecule has 72 valence electrons. The van der Waals surface area contributed by atoms with Crippen molar-refractivity contribution in [2.24, 2.45) is 5.92 Å². The Bertz CT molecular complexity index is 116. The van der Waals surface area contributed by atoms with Crippen LogP contribution in [-0.2, 0) is 4.74 Å². The summed E-state index contributed by atoms with van der Waals surface area (Å²) < 4.78 is 5.45. The summed E-state index contributed by atoms with van der Waals surface area (Å²) in [5.74, 6) is 0.769. The topological polar surface area (TPSA) is 9.23 Å². The lowest BCUT2D eigenvalue weighted by Gasteiger charge is -2.27. The van der Waals surface area contributed by atoms with Crippen molar-refractivity contribution in [3.05, 3.63) is 0 Å².